The van der Waals surface area contributed by atoms with Crippen LogP contribution < -0.4 is 4.74 Å². The van der Waals surface area contributed by atoms with Gasteiger partial charge in [-0.3, -0.25) is 0 Å². The van der Waals surface area contributed by atoms with Crippen LogP contribution in [0.25, 0.3) is 0 Å². The summed E-state index contributed by atoms with van der Waals surface area (Å²) in [6.07, 6.45) is 1.23. The predicted molar refractivity (Wildman–Crippen MR) is 63.7 cm³/mol. The number of hydrogen-bond donors (Lipinski definition) is 0. The van der Waals surface area contributed by atoms with Crippen LogP contribution >= 0.6 is 0 Å². The van der Waals surface area contributed by atoms with Crippen LogP contribution in [0.1, 0.15) is 43.7 Å². The minimum atomic E-state index is -2.75. The summed E-state index contributed by atoms with van der Waals surface area (Å²) < 4.78 is 33.4. The molecular formula is C14H18F2O. The van der Waals surface area contributed by atoms with Gasteiger partial charge in [-0.05, 0) is 36.5 Å². The van der Waals surface area contributed by atoms with Crippen molar-refractivity contribution in [2.24, 2.45) is 5.92 Å². The van der Waals surface area contributed by atoms with E-state index in [2.05, 4.69) is 0 Å². The molecule has 1 saturated carbocycles. The topological polar surface area (TPSA) is 9.23 Å². The van der Waals surface area contributed by atoms with Gasteiger partial charge in [0.15, 0.2) is 0 Å². The number of benzene rings is 1. The molecule has 0 atom stereocenters. The average Bonchev–Trinajstić information content (AvgIpc) is 3.12. The van der Waals surface area contributed by atoms with Crippen molar-refractivity contribution in [1.29, 1.82) is 0 Å². The molecule has 0 radical (unpaired) electrons. The Balaban J connectivity index is 2.45. The quantitative estimate of drug-likeness (QED) is 0.761. The number of alkyl halides is 2. The number of hydrogen-bond acceptors (Lipinski definition) is 1. The van der Waals surface area contributed by atoms with Crippen molar-refractivity contribution < 1.29 is 13.5 Å². The second-order valence-corrected chi connectivity index (χ2v) is 5.01. The molecule has 3 heteroatoms. The maximum Gasteiger partial charge on any atom is 0.279 e. The molecule has 17 heavy (non-hydrogen) atoms. The maximum atomic E-state index is 14.2. The molecule has 0 spiro atoms. The second kappa shape index (κ2) is 4.28. The zero-order chi connectivity index (χ0) is 12.6. The zero-order valence-electron chi connectivity index (χ0n) is 10.5. The van der Waals surface area contributed by atoms with Crippen LogP contribution in [0, 0.1) is 5.92 Å². The van der Waals surface area contributed by atoms with E-state index in [0.29, 0.717) is 18.6 Å². The summed E-state index contributed by atoms with van der Waals surface area (Å²) in [5, 5.41) is 0. The molecule has 1 aromatic carbocycles. The summed E-state index contributed by atoms with van der Waals surface area (Å²) in [5.41, 5.74) is 0.981. The molecule has 1 nitrogen and oxygen atoms in total. The van der Waals surface area contributed by atoms with Crippen LogP contribution in [-0.4, -0.2) is 7.11 Å². The van der Waals surface area contributed by atoms with E-state index in [9.17, 15) is 8.78 Å². The second-order valence-electron chi connectivity index (χ2n) is 5.01. The third-order valence-corrected chi connectivity index (χ3v) is 3.34. The third-order valence-electron chi connectivity index (χ3n) is 3.34. The lowest BCUT2D eigenvalue weighted by Crippen LogP contribution is -2.17. The van der Waals surface area contributed by atoms with Crippen molar-refractivity contribution in [3.8, 4) is 5.75 Å². The lowest BCUT2D eigenvalue weighted by atomic mass is 9.95. The van der Waals surface area contributed by atoms with Gasteiger partial charge < -0.3 is 4.74 Å². The molecule has 0 amide bonds. The molecule has 1 aliphatic carbocycles. The van der Waals surface area contributed by atoms with E-state index in [1.165, 1.54) is 7.11 Å². The van der Waals surface area contributed by atoms with Gasteiger partial charge in [-0.15, -0.1) is 0 Å². The number of methoxy groups -OCH3 is 1. The molecule has 1 fully saturated rings. The van der Waals surface area contributed by atoms with Crippen molar-refractivity contribution in [3.63, 3.8) is 0 Å². The van der Waals surface area contributed by atoms with Crippen molar-refractivity contribution in [3.05, 3.63) is 29.3 Å². The van der Waals surface area contributed by atoms with Gasteiger partial charge in [0.05, 0.1) is 12.7 Å². The molecule has 2 rings (SSSR count). The van der Waals surface area contributed by atoms with Crippen molar-refractivity contribution in [2.45, 2.75) is 38.5 Å². The van der Waals surface area contributed by atoms with Crippen LogP contribution in [0.5, 0.6) is 5.75 Å². The maximum absolute atomic E-state index is 14.2. The standard InChI is InChI=1S/C14H18F2O/c1-9(2)10-4-7-13(17-3)12(8-10)14(15,16)11-5-6-11/h4,7-9,11H,5-6H2,1-3H3. The first kappa shape index (κ1) is 12.3. The van der Waals surface area contributed by atoms with Gasteiger partial charge in [-0.1, -0.05) is 19.9 Å². The van der Waals surface area contributed by atoms with Crippen LogP contribution in [0.15, 0.2) is 18.2 Å². The molecule has 0 unspecified atom stereocenters. The largest absolute Gasteiger partial charge is 0.496 e. The monoisotopic (exact) mass is 240 g/mol. The number of halogens is 2. The van der Waals surface area contributed by atoms with Crippen LogP contribution in [0.3, 0.4) is 0 Å². The molecular weight excluding hydrogens is 222 g/mol. The van der Waals surface area contributed by atoms with E-state index < -0.39 is 11.8 Å². The highest BCUT2D eigenvalue weighted by Crippen LogP contribution is 2.52. The summed E-state index contributed by atoms with van der Waals surface area (Å²) in [6.45, 7) is 4.00. The number of rotatable bonds is 4. The van der Waals surface area contributed by atoms with Crippen LogP contribution in [0.2, 0.25) is 0 Å². The highest BCUT2D eigenvalue weighted by atomic mass is 19.3. The average molecular weight is 240 g/mol. The van der Waals surface area contributed by atoms with Gasteiger partial charge in [0, 0.05) is 5.92 Å². The summed E-state index contributed by atoms with van der Waals surface area (Å²) in [7, 11) is 1.44. The Morgan fingerprint density at radius 3 is 2.41 bits per heavy atom. The van der Waals surface area contributed by atoms with Gasteiger partial charge >= 0.3 is 0 Å². The third kappa shape index (κ3) is 2.28. The Kier molecular flexibility index (Phi) is 3.11. The molecule has 0 aliphatic heterocycles. The van der Waals surface area contributed by atoms with Crippen LogP contribution in [-0.2, 0) is 5.92 Å². The first-order chi connectivity index (χ1) is 7.96. The minimum Gasteiger partial charge on any atom is -0.496 e. The Labute approximate surface area is 101 Å². The van der Waals surface area contributed by atoms with Crippen LogP contribution in [0.4, 0.5) is 8.78 Å². The Morgan fingerprint density at radius 2 is 1.94 bits per heavy atom. The Morgan fingerprint density at radius 1 is 1.29 bits per heavy atom. The SMILES string of the molecule is COc1ccc(C(C)C)cc1C(F)(F)C1CC1. The van der Waals surface area contributed by atoms with E-state index in [1.807, 2.05) is 19.9 Å². The predicted octanol–water partition coefficient (Wildman–Crippen LogP) is 4.32. The van der Waals surface area contributed by atoms with E-state index in [1.54, 1.807) is 12.1 Å². The van der Waals surface area contributed by atoms with E-state index in [-0.39, 0.29) is 11.5 Å². The Hall–Kier alpha value is -1.12. The highest BCUT2D eigenvalue weighted by Gasteiger charge is 2.49. The number of ether oxygens (including phenoxy) is 1. The molecule has 0 bridgehead atoms. The summed E-state index contributed by atoms with van der Waals surface area (Å²) in [4.78, 5) is 0. The first-order valence-electron chi connectivity index (χ1n) is 6.03. The molecule has 0 aromatic heterocycles. The highest BCUT2D eigenvalue weighted by molar-refractivity contribution is 5.42. The summed E-state index contributed by atoms with van der Waals surface area (Å²) >= 11 is 0. The molecule has 94 valence electrons. The van der Waals surface area contributed by atoms with E-state index in [4.69, 9.17) is 4.74 Å². The van der Waals surface area contributed by atoms with Gasteiger partial charge in [0.1, 0.15) is 5.75 Å². The fourth-order valence-corrected chi connectivity index (χ4v) is 2.01. The molecule has 1 aliphatic rings. The van der Waals surface area contributed by atoms with Crippen molar-refractivity contribution >= 4 is 0 Å². The molecule has 0 saturated heterocycles. The molecule has 1 aromatic rings. The summed E-state index contributed by atoms with van der Waals surface area (Å²) in [6, 6.07) is 5.11. The summed E-state index contributed by atoms with van der Waals surface area (Å²) in [5.74, 6) is -2.71. The molecule has 0 heterocycles. The zero-order valence-corrected chi connectivity index (χ0v) is 10.5. The first-order valence-corrected chi connectivity index (χ1v) is 6.03. The van der Waals surface area contributed by atoms with Gasteiger partial charge in [-0.2, -0.15) is 0 Å². The lowest BCUT2D eigenvalue weighted by molar-refractivity contribution is -0.0305. The lowest BCUT2D eigenvalue weighted by Gasteiger charge is -2.20. The van der Waals surface area contributed by atoms with E-state index in [0.717, 1.165) is 5.56 Å². The molecule has 0 N–H and O–H groups in total. The minimum absolute atomic E-state index is 0.0497. The smallest absolute Gasteiger partial charge is 0.279 e. The van der Waals surface area contributed by atoms with Crippen molar-refractivity contribution in [1.82, 2.24) is 0 Å². The fraction of sp³-hybridized carbons (Fsp3) is 0.571. The van der Waals surface area contributed by atoms with Crippen molar-refractivity contribution in [2.75, 3.05) is 7.11 Å². The Bertz CT molecular complexity index is 409. The normalized spacial score (nSPS) is 16.4. The van der Waals surface area contributed by atoms with Gasteiger partial charge in [0.25, 0.3) is 5.92 Å². The van der Waals surface area contributed by atoms with Gasteiger partial charge in [-0.25, -0.2) is 8.78 Å². The fourth-order valence-electron chi connectivity index (χ4n) is 2.01. The van der Waals surface area contributed by atoms with Gasteiger partial charge in [0.2, 0.25) is 0 Å². The van der Waals surface area contributed by atoms with E-state index >= 15 is 0 Å².